The lowest BCUT2D eigenvalue weighted by molar-refractivity contribution is -0.144. The number of nitrogens with zero attached hydrogens (tertiary/aromatic N) is 2. The van der Waals surface area contributed by atoms with E-state index in [2.05, 4.69) is 5.32 Å². The molecule has 3 fully saturated rings. The number of rotatable bonds is 10. The number of carboxylic acids is 1. The van der Waals surface area contributed by atoms with E-state index in [1.165, 1.54) is 8.61 Å². The van der Waals surface area contributed by atoms with Gasteiger partial charge in [0.15, 0.2) is 0 Å². The molecule has 178 valence electrons. The summed E-state index contributed by atoms with van der Waals surface area (Å²) >= 11 is 0. The summed E-state index contributed by atoms with van der Waals surface area (Å²) in [6, 6.07) is -0.607. The van der Waals surface area contributed by atoms with Crippen LogP contribution in [0, 0.1) is 5.92 Å². The number of carbonyl (C=O) groups is 1. The summed E-state index contributed by atoms with van der Waals surface area (Å²) in [5, 5.41) is 31.2. The van der Waals surface area contributed by atoms with Crippen molar-refractivity contribution in [2.45, 2.75) is 74.9 Å². The Morgan fingerprint density at radius 1 is 1.29 bits per heavy atom. The molecule has 2 aliphatic heterocycles. The highest BCUT2D eigenvalue weighted by Crippen LogP contribution is 2.42. The zero-order valence-electron chi connectivity index (χ0n) is 18.1. The average molecular weight is 461 g/mol. The molecule has 11 nitrogen and oxygen atoms in total. The van der Waals surface area contributed by atoms with Crippen LogP contribution in [0.5, 0.6) is 0 Å². The second-order valence-electron chi connectivity index (χ2n) is 9.47. The van der Waals surface area contributed by atoms with E-state index < -0.39 is 46.3 Å². The molecule has 13 heteroatoms. The minimum Gasteiger partial charge on any atom is -0.480 e. The molecule has 0 aromatic heterocycles. The normalized spacial score (nSPS) is 30.5. The van der Waals surface area contributed by atoms with Gasteiger partial charge in [-0.3, -0.25) is 4.79 Å². The van der Waals surface area contributed by atoms with Crippen LogP contribution in [0.2, 0.25) is 6.32 Å². The van der Waals surface area contributed by atoms with Crippen molar-refractivity contribution >= 4 is 23.3 Å². The third-order valence-corrected chi connectivity index (χ3v) is 9.38. The predicted molar refractivity (Wildman–Crippen MR) is 116 cm³/mol. The Hall–Kier alpha value is -0.795. The summed E-state index contributed by atoms with van der Waals surface area (Å²) in [4.78, 5) is 12.0. The SMILES string of the molecule is CC(N(C1CCNCC1)S(=O)(=O)N1C[C@H](CCCB(O)O)[C@](N)(C(=O)O)C1)C1(N)CC1. The molecule has 0 bridgehead atoms. The van der Waals surface area contributed by atoms with Crippen LogP contribution in [-0.2, 0) is 15.0 Å². The molecule has 8 N–H and O–H groups in total. The molecule has 3 rings (SSSR count). The Morgan fingerprint density at radius 3 is 2.42 bits per heavy atom. The first-order chi connectivity index (χ1) is 14.4. The molecule has 0 aromatic rings. The van der Waals surface area contributed by atoms with Gasteiger partial charge in [0.2, 0.25) is 0 Å². The Labute approximate surface area is 184 Å². The third-order valence-electron chi connectivity index (χ3n) is 7.31. The quantitative estimate of drug-likeness (QED) is 0.203. The lowest BCUT2D eigenvalue weighted by atomic mass is 9.78. The fourth-order valence-electron chi connectivity index (χ4n) is 4.92. The van der Waals surface area contributed by atoms with E-state index in [4.69, 9.17) is 21.5 Å². The molecule has 3 atom stereocenters. The van der Waals surface area contributed by atoms with E-state index in [1.54, 1.807) is 0 Å². The molecule has 0 spiro atoms. The van der Waals surface area contributed by atoms with Crippen LogP contribution in [0.25, 0.3) is 0 Å². The minimum atomic E-state index is -4.00. The Morgan fingerprint density at radius 2 is 1.90 bits per heavy atom. The molecule has 1 aliphatic carbocycles. The topological polar surface area (TPSA) is 182 Å². The minimum absolute atomic E-state index is 0.0155. The van der Waals surface area contributed by atoms with Gasteiger partial charge in [0.1, 0.15) is 5.54 Å². The zero-order chi connectivity index (χ0) is 23.0. The number of carboxylic acid groups (broad SMARTS) is 1. The average Bonchev–Trinajstić information content (AvgIpc) is 3.35. The number of hydrogen-bond acceptors (Lipinski definition) is 8. The van der Waals surface area contributed by atoms with Crippen LogP contribution < -0.4 is 16.8 Å². The van der Waals surface area contributed by atoms with Crippen molar-refractivity contribution in [1.82, 2.24) is 13.9 Å². The van der Waals surface area contributed by atoms with Gasteiger partial charge in [-0.05, 0) is 58.4 Å². The van der Waals surface area contributed by atoms with Crippen molar-refractivity contribution in [2.24, 2.45) is 17.4 Å². The summed E-state index contributed by atoms with van der Waals surface area (Å²) in [5.74, 6) is -1.88. The molecule has 2 saturated heterocycles. The maximum absolute atomic E-state index is 13.8. The van der Waals surface area contributed by atoms with E-state index in [0.29, 0.717) is 32.4 Å². The van der Waals surface area contributed by atoms with Crippen molar-refractivity contribution in [3.05, 3.63) is 0 Å². The lowest BCUT2D eigenvalue weighted by Gasteiger charge is -2.41. The smallest absolute Gasteiger partial charge is 0.451 e. The highest BCUT2D eigenvalue weighted by molar-refractivity contribution is 7.86. The first-order valence-electron chi connectivity index (χ1n) is 11.1. The number of aliphatic carboxylic acids is 1. The fourth-order valence-corrected chi connectivity index (χ4v) is 7.13. The molecule has 1 saturated carbocycles. The van der Waals surface area contributed by atoms with Gasteiger partial charge in [-0.1, -0.05) is 6.42 Å². The third kappa shape index (κ3) is 5.08. The molecule has 0 amide bonds. The molecular weight excluding hydrogens is 425 g/mol. The molecule has 2 heterocycles. The summed E-state index contributed by atoms with van der Waals surface area (Å²) < 4.78 is 30.4. The van der Waals surface area contributed by atoms with Crippen molar-refractivity contribution < 1.29 is 28.4 Å². The fraction of sp³-hybridized carbons (Fsp3) is 0.944. The maximum Gasteiger partial charge on any atom is 0.451 e. The van der Waals surface area contributed by atoms with E-state index >= 15 is 0 Å². The summed E-state index contributed by atoms with van der Waals surface area (Å²) in [5.41, 5.74) is 10.3. The first-order valence-corrected chi connectivity index (χ1v) is 12.5. The summed E-state index contributed by atoms with van der Waals surface area (Å²) in [6.45, 7) is 2.93. The molecule has 1 unspecified atom stereocenters. The van der Waals surface area contributed by atoms with Gasteiger partial charge in [-0.15, -0.1) is 0 Å². The van der Waals surface area contributed by atoms with Crippen LogP contribution >= 0.6 is 0 Å². The highest BCUT2D eigenvalue weighted by Gasteiger charge is 2.57. The van der Waals surface area contributed by atoms with Crippen molar-refractivity contribution in [3.63, 3.8) is 0 Å². The zero-order valence-corrected chi connectivity index (χ0v) is 18.9. The number of nitrogens with one attached hydrogen (secondary N) is 1. The van der Waals surface area contributed by atoms with Gasteiger partial charge in [-0.2, -0.15) is 17.0 Å². The highest BCUT2D eigenvalue weighted by atomic mass is 32.2. The van der Waals surface area contributed by atoms with Crippen molar-refractivity contribution in [3.8, 4) is 0 Å². The van der Waals surface area contributed by atoms with E-state index in [0.717, 1.165) is 12.8 Å². The van der Waals surface area contributed by atoms with Gasteiger partial charge in [0, 0.05) is 36.6 Å². The molecule has 31 heavy (non-hydrogen) atoms. The standard InChI is InChI=1S/C18H36BN5O6S/c1-13(17(20)6-7-17)24(15-4-9-22-10-5-15)31(29,30)23-11-14(3-2-8-19(27)28)18(21,12-23)16(25)26/h13-15,22,27-28H,2-12,20-21H2,1H3,(H,25,26)/t13?,14-,18-/m0/s1. The van der Waals surface area contributed by atoms with Crippen LogP contribution in [0.1, 0.15) is 45.4 Å². The van der Waals surface area contributed by atoms with Gasteiger partial charge in [0.25, 0.3) is 10.2 Å². The lowest BCUT2D eigenvalue weighted by Crippen LogP contribution is -2.60. The predicted octanol–water partition coefficient (Wildman–Crippen LogP) is -1.87. The van der Waals surface area contributed by atoms with Crippen LogP contribution in [-0.4, -0.2) is 94.6 Å². The van der Waals surface area contributed by atoms with E-state index in [-0.39, 0.29) is 31.9 Å². The number of nitrogens with two attached hydrogens (primary N) is 2. The van der Waals surface area contributed by atoms with Gasteiger partial charge in [0.05, 0.1) is 0 Å². The second-order valence-corrected chi connectivity index (χ2v) is 11.3. The Kier molecular flexibility index (Phi) is 7.39. The monoisotopic (exact) mass is 461 g/mol. The molecule has 0 aromatic carbocycles. The van der Waals surface area contributed by atoms with Gasteiger partial charge >= 0.3 is 13.1 Å². The van der Waals surface area contributed by atoms with Crippen LogP contribution in [0.4, 0.5) is 0 Å². The number of piperidine rings is 1. The number of hydrogen-bond donors (Lipinski definition) is 6. The van der Waals surface area contributed by atoms with E-state index in [9.17, 15) is 18.3 Å². The first kappa shape index (κ1) is 24.8. The Bertz CT molecular complexity index is 761. The summed E-state index contributed by atoms with van der Waals surface area (Å²) in [7, 11) is -5.50. The van der Waals surface area contributed by atoms with Gasteiger partial charge in [-0.25, -0.2) is 0 Å². The molecule has 3 aliphatic rings. The molecule has 0 radical (unpaired) electrons. The molecular formula is C18H36BN5O6S. The van der Waals surface area contributed by atoms with Gasteiger partial charge < -0.3 is 31.9 Å². The maximum atomic E-state index is 13.8. The van der Waals surface area contributed by atoms with E-state index in [1.807, 2.05) is 6.92 Å². The van der Waals surface area contributed by atoms with Crippen LogP contribution in [0.15, 0.2) is 0 Å². The largest absolute Gasteiger partial charge is 0.480 e. The van der Waals surface area contributed by atoms with Crippen LogP contribution in [0.3, 0.4) is 0 Å². The second kappa shape index (κ2) is 9.22. The summed E-state index contributed by atoms with van der Waals surface area (Å²) in [6.07, 6.45) is 3.54. The van der Waals surface area contributed by atoms with Crippen molar-refractivity contribution in [2.75, 3.05) is 26.2 Å². The Balaban J connectivity index is 1.85. The van der Waals surface area contributed by atoms with Crippen molar-refractivity contribution in [1.29, 1.82) is 0 Å².